The first kappa shape index (κ1) is 15.6. The van der Waals surface area contributed by atoms with Crippen LogP contribution in [0.1, 0.15) is 6.92 Å². The van der Waals surface area contributed by atoms with Gasteiger partial charge in [0.1, 0.15) is 5.70 Å². The fourth-order valence-corrected chi connectivity index (χ4v) is 0.971. The van der Waals surface area contributed by atoms with Gasteiger partial charge in [-0.3, -0.25) is 0 Å². The molecule has 0 aromatic carbocycles. The van der Waals surface area contributed by atoms with Gasteiger partial charge in [-0.2, -0.15) is 26.3 Å². The summed E-state index contributed by atoms with van der Waals surface area (Å²) in [5, 5.41) is 1.32. The van der Waals surface area contributed by atoms with Crippen molar-refractivity contribution >= 4 is 5.97 Å². The largest absolute Gasteiger partial charge is 0.462 e. The van der Waals surface area contributed by atoms with Gasteiger partial charge in [-0.1, -0.05) is 0 Å². The van der Waals surface area contributed by atoms with Crippen LogP contribution in [0.5, 0.6) is 0 Å². The van der Waals surface area contributed by atoms with E-state index in [1.54, 1.807) is 0 Å². The SMILES string of the molecule is CCOC(=O)/C(=C(\NC)C(F)(F)F)C(F)(F)F. The van der Waals surface area contributed by atoms with Crippen LogP contribution < -0.4 is 5.32 Å². The van der Waals surface area contributed by atoms with Gasteiger partial charge in [0, 0.05) is 7.05 Å². The van der Waals surface area contributed by atoms with E-state index in [4.69, 9.17) is 0 Å². The quantitative estimate of drug-likeness (QED) is 0.482. The summed E-state index contributed by atoms with van der Waals surface area (Å²) in [6.45, 7) is 0.714. The van der Waals surface area contributed by atoms with E-state index >= 15 is 0 Å². The average Bonchev–Trinajstić information content (AvgIpc) is 2.09. The van der Waals surface area contributed by atoms with E-state index < -0.39 is 36.2 Å². The van der Waals surface area contributed by atoms with Gasteiger partial charge in [-0.25, -0.2) is 4.79 Å². The smallest absolute Gasteiger partial charge is 0.431 e. The molecule has 0 aromatic heterocycles. The van der Waals surface area contributed by atoms with E-state index in [-0.39, 0.29) is 0 Å². The number of ether oxygens (including phenoxy) is 1. The highest BCUT2D eigenvalue weighted by molar-refractivity contribution is 5.91. The number of allylic oxidation sites excluding steroid dienone is 1. The van der Waals surface area contributed by atoms with Gasteiger partial charge in [0.15, 0.2) is 5.57 Å². The molecule has 0 saturated carbocycles. The van der Waals surface area contributed by atoms with Gasteiger partial charge in [-0.05, 0) is 6.92 Å². The summed E-state index contributed by atoms with van der Waals surface area (Å²) >= 11 is 0. The molecule has 100 valence electrons. The van der Waals surface area contributed by atoms with Crippen molar-refractivity contribution in [2.75, 3.05) is 13.7 Å². The Hall–Kier alpha value is -1.41. The first-order valence-corrected chi connectivity index (χ1v) is 4.29. The lowest BCUT2D eigenvalue weighted by atomic mass is 10.2. The number of alkyl halides is 6. The lowest BCUT2D eigenvalue weighted by Crippen LogP contribution is -2.34. The molecule has 0 amide bonds. The van der Waals surface area contributed by atoms with Crippen molar-refractivity contribution in [1.29, 1.82) is 0 Å². The monoisotopic (exact) mass is 265 g/mol. The fourth-order valence-electron chi connectivity index (χ4n) is 0.971. The second-order valence-corrected chi connectivity index (χ2v) is 2.72. The summed E-state index contributed by atoms with van der Waals surface area (Å²) in [7, 11) is 0.633. The molecule has 9 heteroatoms. The topological polar surface area (TPSA) is 38.3 Å². The Morgan fingerprint density at radius 3 is 1.82 bits per heavy atom. The van der Waals surface area contributed by atoms with Crippen LogP contribution in [0.3, 0.4) is 0 Å². The number of halogens is 6. The molecule has 0 spiro atoms. The van der Waals surface area contributed by atoms with Crippen molar-refractivity contribution in [3.05, 3.63) is 11.3 Å². The number of carbonyl (C=O) groups excluding carboxylic acids is 1. The van der Waals surface area contributed by atoms with Crippen molar-refractivity contribution in [2.45, 2.75) is 19.3 Å². The summed E-state index contributed by atoms with van der Waals surface area (Å²) in [5.74, 6) is -2.07. The van der Waals surface area contributed by atoms with Crippen LogP contribution in [0.25, 0.3) is 0 Å². The highest BCUT2D eigenvalue weighted by atomic mass is 19.4. The zero-order valence-corrected chi connectivity index (χ0v) is 8.79. The van der Waals surface area contributed by atoms with Gasteiger partial charge in [0.2, 0.25) is 0 Å². The third kappa shape index (κ3) is 4.16. The lowest BCUT2D eigenvalue weighted by molar-refractivity contribution is -0.155. The van der Waals surface area contributed by atoms with E-state index in [0.717, 1.165) is 0 Å². The normalized spacial score (nSPS) is 14.1. The van der Waals surface area contributed by atoms with Crippen molar-refractivity contribution in [1.82, 2.24) is 5.32 Å². The maximum Gasteiger partial charge on any atom is 0.431 e. The highest BCUT2D eigenvalue weighted by Crippen LogP contribution is 2.35. The number of carbonyl (C=O) groups is 1. The third-order valence-corrected chi connectivity index (χ3v) is 1.55. The van der Waals surface area contributed by atoms with E-state index in [1.807, 2.05) is 0 Å². The van der Waals surface area contributed by atoms with Gasteiger partial charge < -0.3 is 10.1 Å². The van der Waals surface area contributed by atoms with Crippen molar-refractivity contribution in [2.24, 2.45) is 0 Å². The van der Waals surface area contributed by atoms with Crippen LogP contribution in [0.2, 0.25) is 0 Å². The van der Waals surface area contributed by atoms with Crippen LogP contribution in [0.15, 0.2) is 11.3 Å². The molecule has 0 fully saturated rings. The molecule has 0 aliphatic rings. The van der Waals surface area contributed by atoms with Gasteiger partial charge >= 0.3 is 18.3 Å². The maximum atomic E-state index is 12.4. The number of hydrogen-bond acceptors (Lipinski definition) is 3. The molecule has 17 heavy (non-hydrogen) atoms. The van der Waals surface area contributed by atoms with Gasteiger partial charge in [-0.15, -0.1) is 0 Å². The number of rotatable bonds is 3. The van der Waals surface area contributed by atoms with Crippen LogP contribution in [0.4, 0.5) is 26.3 Å². The van der Waals surface area contributed by atoms with E-state index in [1.165, 1.54) is 12.2 Å². The minimum Gasteiger partial charge on any atom is -0.462 e. The lowest BCUT2D eigenvalue weighted by Gasteiger charge is -2.18. The van der Waals surface area contributed by atoms with E-state index in [2.05, 4.69) is 4.74 Å². The van der Waals surface area contributed by atoms with Gasteiger partial charge in [0.05, 0.1) is 6.61 Å². The van der Waals surface area contributed by atoms with Crippen molar-refractivity contribution < 1.29 is 35.9 Å². The summed E-state index contributed by atoms with van der Waals surface area (Å²) in [5.41, 5.74) is -4.57. The molecular formula is C8H9F6NO2. The molecule has 0 aliphatic carbocycles. The van der Waals surface area contributed by atoms with Crippen LogP contribution in [-0.2, 0) is 9.53 Å². The number of esters is 1. The molecular weight excluding hydrogens is 256 g/mol. The average molecular weight is 265 g/mol. The van der Waals surface area contributed by atoms with Gasteiger partial charge in [0.25, 0.3) is 0 Å². The Morgan fingerprint density at radius 1 is 1.12 bits per heavy atom. The Morgan fingerprint density at radius 2 is 1.59 bits per heavy atom. The highest BCUT2D eigenvalue weighted by Gasteiger charge is 2.49. The predicted octanol–water partition coefficient (Wildman–Crippen LogP) is 2.15. The summed E-state index contributed by atoms with van der Waals surface area (Å²) in [6, 6.07) is 0. The standard InChI is InChI=1S/C8H9F6NO2/c1-3-17-6(16)4(7(9,10)11)5(15-2)8(12,13)14/h15H,3H2,1-2H3/b5-4+. The molecule has 0 rings (SSSR count). The number of hydrogen-bond donors (Lipinski definition) is 1. The number of nitrogens with one attached hydrogen (secondary N) is 1. The molecule has 0 atom stereocenters. The Bertz CT molecular complexity index is 317. The Kier molecular flexibility index (Phi) is 4.84. The van der Waals surface area contributed by atoms with E-state index in [9.17, 15) is 31.1 Å². The maximum absolute atomic E-state index is 12.4. The van der Waals surface area contributed by atoms with Crippen LogP contribution in [-0.4, -0.2) is 32.0 Å². The van der Waals surface area contributed by atoms with E-state index in [0.29, 0.717) is 7.05 Å². The predicted molar refractivity (Wildman–Crippen MR) is 44.8 cm³/mol. The molecule has 0 aliphatic heterocycles. The minimum absolute atomic E-state index is 0.465. The molecule has 0 unspecified atom stereocenters. The van der Waals surface area contributed by atoms with Crippen LogP contribution >= 0.6 is 0 Å². The molecule has 0 saturated heterocycles. The molecule has 0 heterocycles. The molecule has 0 aromatic rings. The molecule has 0 radical (unpaired) electrons. The second-order valence-electron chi connectivity index (χ2n) is 2.72. The zero-order chi connectivity index (χ0) is 13.9. The molecule has 1 N–H and O–H groups in total. The minimum atomic E-state index is -5.46. The first-order chi connectivity index (χ1) is 7.55. The van der Waals surface area contributed by atoms with Crippen molar-refractivity contribution in [3.8, 4) is 0 Å². The fraction of sp³-hybridized carbons (Fsp3) is 0.625. The zero-order valence-electron chi connectivity index (χ0n) is 8.79. The first-order valence-electron chi connectivity index (χ1n) is 4.29. The Labute approximate surface area is 92.4 Å². The molecule has 3 nitrogen and oxygen atoms in total. The summed E-state index contributed by atoms with van der Waals surface area (Å²) < 4.78 is 77.9. The Balaban J connectivity index is 5.74. The molecule has 0 bridgehead atoms. The third-order valence-electron chi connectivity index (χ3n) is 1.55. The van der Waals surface area contributed by atoms with Crippen molar-refractivity contribution in [3.63, 3.8) is 0 Å². The summed E-state index contributed by atoms with van der Waals surface area (Å²) in [4.78, 5) is 10.9. The second kappa shape index (κ2) is 5.28. The summed E-state index contributed by atoms with van der Waals surface area (Å²) in [6.07, 6.45) is -10.8. The van der Waals surface area contributed by atoms with Crippen LogP contribution in [0, 0.1) is 0 Å².